The summed E-state index contributed by atoms with van der Waals surface area (Å²) in [6.07, 6.45) is 1.33. The van der Waals surface area contributed by atoms with Crippen molar-refractivity contribution < 1.29 is 44.3 Å². The van der Waals surface area contributed by atoms with E-state index in [1.807, 2.05) is 30.3 Å². The van der Waals surface area contributed by atoms with Crippen LogP contribution in [0.25, 0.3) is 0 Å². The quantitative estimate of drug-likeness (QED) is 0.397. The Morgan fingerprint density at radius 3 is 2.27 bits per heavy atom. The number of carboxylic acid groups (broad SMARTS) is 1. The first-order valence-electron chi connectivity index (χ1n) is 4.48. The van der Waals surface area contributed by atoms with Crippen molar-refractivity contribution in [1.82, 2.24) is 0 Å². The molecule has 1 rings (SSSR count). The normalized spacial score (nSPS) is 9.07. The molecule has 0 fully saturated rings. The number of rotatable bonds is 5. The third kappa shape index (κ3) is 5.72. The van der Waals surface area contributed by atoms with Crippen molar-refractivity contribution >= 4 is 11.8 Å². The van der Waals surface area contributed by atoms with Crippen LogP contribution in [0.3, 0.4) is 0 Å². The van der Waals surface area contributed by atoms with Crippen LogP contribution in [0.1, 0.15) is 18.4 Å². The first kappa shape index (κ1) is 14.4. The molecule has 0 spiro atoms. The summed E-state index contributed by atoms with van der Waals surface area (Å²) < 4.78 is 0. The SMILES string of the molecule is O=C([O-])C(=O)CCCc1ccccc1.[Na+]. The molecule has 0 unspecified atom stereocenters. The van der Waals surface area contributed by atoms with Crippen molar-refractivity contribution in [2.75, 3.05) is 0 Å². The van der Waals surface area contributed by atoms with E-state index in [-0.39, 0.29) is 36.0 Å². The van der Waals surface area contributed by atoms with Gasteiger partial charge in [0, 0.05) is 6.42 Å². The molecule has 0 aliphatic rings. The molecule has 1 aromatic rings. The van der Waals surface area contributed by atoms with E-state index in [1.54, 1.807) is 0 Å². The average molecular weight is 214 g/mol. The molecular weight excluding hydrogens is 203 g/mol. The van der Waals surface area contributed by atoms with Crippen molar-refractivity contribution in [2.45, 2.75) is 19.3 Å². The minimum absolute atomic E-state index is 0. The molecular formula is C11H11NaO3. The van der Waals surface area contributed by atoms with Crippen molar-refractivity contribution in [3.8, 4) is 0 Å². The van der Waals surface area contributed by atoms with Gasteiger partial charge in [-0.2, -0.15) is 0 Å². The summed E-state index contributed by atoms with van der Waals surface area (Å²) in [6.45, 7) is 0. The first-order chi connectivity index (χ1) is 6.70. The van der Waals surface area contributed by atoms with E-state index in [2.05, 4.69) is 0 Å². The van der Waals surface area contributed by atoms with Crippen LogP contribution in [-0.4, -0.2) is 11.8 Å². The molecule has 0 N–H and O–H groups in total. The molecule has 0 amide bonds. The van der Waals surface area contributed by atoms with Gasteiger partial charge in [-0.1, -0.05) is 30.3 Å². The molecule has 0 aliphatic heterocycles. The fourth-order valence-electron chi connectivity index (χ4n) is 1.20. The third-order valence-corrected chi connectivity index (χ3v) is 1.94. The molecule has 0 saturated carbocycles. The predicted octanol–water partition coefficient (Wildman–Crippen LogP) is -2.67. The Morgan fingerprint density at radius 1 is 1.13 bits per heavy atom. The molecule has 1 aromatic carbocycles. The molecule has 0 bridgehead atoms. The number of carbonyl (C=O) groups is 2. The Bertz CT molecular complexity index is 322. The van der Waals surface area contributed by atoms with E-state index in [4.69, 9.17) is 0 Å². The summed E-state index contributed by atoms with van der Waals surface area (Å²) in [5.74, 6) is -2.40. The number of Topliss-reactive ketones (excluding diaryl/α,β-unsaturated/α-hetero) is 1. The number of hydrogen-bond donors (Lipinski definition) is 0. The van der Waals surface area contributed by atoms with Gasteiger partial charge in [0.05, 0.1) is 0 Å². The van der Waals surface area contributed by atoms with Gasteiger partial charge in [-0.25, -0.2) is 0 Å². The second-order valence-corrected chi connectivity index (χ2v) is 3.05. The summed E-state index contributed by atoms with van der Waals surface area (Å²) >= 11 is 0. The van der Waals surface area contributed by atoms with Gasteiger partial charge < -0.3 is 9.90 Å². The minimum atomic E-state index is -1.59. The number of aliphatic carboxylic acids is 1. The molecule has 74 valence electrons. The van der Waals surface area contributed by atoms with Crippen LogP contribution in [0.4, 0.5) is 0 Å². The van der Waals surface area contributed by atoms with Crippen LogP contribution in [0, 0.1) is 0 Å². The molecule has 0 saturated heterocycles. The topological polar surface area (TPSA) is 57.2 Å². The van der Waals surface area contributed by atoms with Crippen LogP contribution in [0.15, 0.2) is 30.3 Å². The smallest absolute Gasteiger partial charge is 0.542 e. The zero-order chi connectivity index (χ0) is 10.4. The predicted molar refractivity (Wildman–Crippen MR) is 49.4 cm³/mol. The second kappa shape index (κ2) is 7.63. The van der Waals surface area contributed by atoms with Gasteiger partial charge in [-0.05, 0) is 18.4 Å². The van der Waals surface area contributed by atoms with Crippen LogP contribution < -0.4 is 34.7 Å². The Labute approximate surface area is 111 Å². The number of hydrogen-bond acceptors (Lipinski definition) is 3. The van der Waals surface area contributed by atoms with Gasteiger partial charge in [0.15, 0.2) is 5.78 Å². The first-order valence-corrected chi connectivity index (χ1v) is 4.48. The Balaban J connectivity index is 0.00000196. The number of carbonyl (C=O) groups excluding carboxylic acids is 2. The number of ketones is 1. The van der Waals surface area contributed by atoms with Crippen molar-refractivity contribution in [1.29, 1.82) is 0 Å². The van der Waals surface area contributed by atoms with E-state index in [0.29, 0.717) is 6.42 Å². The largest absolute Gasteiger partial charge is 1.00 e. The van der Waals surface area contributed by atoms with Gasteiger partial charge in [0.1, 0.15) is 5.97 Å². The van der Waals surface area contributed by atoms with E-state index < -0.39 is 11.8 Å². The Hall–Kier alpha value is -0.640. The molecule has 0 aromatic heterocycles. The fraction of sp³-hybridized carbons (Fsp3) is 0.273. The molecule has 4 heteroatoms. The maximum atomic E-state index is 10.7. The molecule has 15 heavy (non-hydrogen) atoms. The maximum Gasteiger partial charge on any atom is 1.00 e. The molecule has 0 radical (unpaired) electrons. The van der Waals surface area contributed by atoms with Gasteiger partial charge in [0.25, 0.3) is 0 Å². The van der Waals surface area contributed by atoms with Crippen LogP contribution >= 0.6 is 0 Å². The van der Waals surface area contributed by atoms with E-state index in [9.17, 15) is 14.7 Å². The maximum absolute atomic E-state index is 10.7. The fourth-order valence-corrected chi connectivity index (χ4v) is 1.20. The van der Waals surface area contributed by atoms with Crippen molar-refractivity contribution in [2.24, 2.45) is 0 Å². The number of benzene rings is 1. The average Bonchev–Trinajstić information content (AvgIpc) is 2.19. The Morgan fingerprint density at radius 2 is 1.73 bits per heavy atom. The summed E-state index contributed by atoms with van der Waals surface area (Å²) in [5.41, 5.74) is 1.11. The monoisotopic (exact) mass is 214 g/mol. The van der Waals surface area contributed by atoms with E-state index in [0.717, 1.165) is 12.0 Å². The standard InChI is InChI=1S/C11H12O3.Na/c12-10(11(13)14)8-4-7-9-5-2-1-3-6-9;/h1-3,5-6H,4,7-8H2,(H,13,14);/q;+1/p-1. The van der Waals surface area contributed by atoms with E-state index in [1.165, 1.54) is 0 Å². The van der Waals surface area contributed by atoms with Gasteiger partial charge in [-0.15, -0.1) is 0 Å². The molecule has 3 nitrogen and oxygen atoms in total. The zero-order valence-corrected chi connectivity index (χ0v) is 10.7. The van der Waals surface area contributed by atoms with Crippen molar-refractivity contribution in [3.05, 3.63) is 35.9 Å². The molecule has 0 heterocycles. The van der Waals surface area contributed by atoms with Gasteiger partial charge in [0.2, 0.25) is 0 Å². The third-order valence-electron chi connectivity index (χ3n) is 1.94. The van der Waals surface area contributed by atoms with Gasteiger partial charge >= 0.3 is 29.6 Å². The van der Waals surface area contributed by atoms with Crippen LogP contribution in [0.5, 0.6) is 0 Å². The van der Waals surface area contributed by atoms with Gasteiger partial charge in [-0.3, -0.25) is 4.79 Å². The van der Waals surface area contributed by atoms with Crippen LogP contribution in [-0.2, 0) is 16.0 Å². The second-order valence-electron chi connectivity index (χ2n) is 3.05. The summed E-state index contributed by atoms with van der Waals surface area (Å²) in [5, 5.41) is 10.1. The number of carboxylic acids is 1. The summed E-state index contributed by atoms with van der Waals surface area (Å²) in [4.78, 5) is 20.8. The minimum Gasteiger partial charge on any atom is -0.542 e. The summed E-state index contributed by atoms with van der Waals surface area (Å²) in [6, 6.07) is 9.63. The van der Waals surface area contributed by atoms with E-state index >= 15 is 0 Å². The summed E-state index contributed by atoms with van der Waals surface area (Å²) in [7, 11) is 0. The van der Waals surface area contributed by atoms with Crippen LogP contribution in [0.2, 0.25) is 0 Å². The molecule has 0 aliphatic carbocycles. The van der Waals surface area contributed by atoms with Crippen molar-refractivity contribution in [3.63, 3.8) is 0 Å². The number of aryl methyl sites for hydroxylation is 1. The zero-order valence-electron chi connectivity index (χ0n) is 8.73. The molecule has 0 atom stereocenters. The Kier molecular flexibility index (Phi) is 7.30.